The van der Waals surface area contributed by atoms with Gasteiger partial charge in [-0.3, -0.25) is 0 Å². The molecule has 0 spiro atoms. The Morgan fingerprint density at radius 2 is 2.00 bits per heavy atom. The minimum Gasteiger partial charge on any atom is -0.444 e. The Balaban J connectivity index is 2.70. The summed E-state index contributed by atoms with van der Waals surface area (Å²) in [5.74, 6) is -0.435. The molecule has 0 radical (unpaired) electrons. The molecule has 100 valence electrons. The van der Waals surface area contributed by atoms with E-state index in [1.807, 2.05) is 0 Å². The second-order valence-corrected chi connectivity index (χ2v) is 7.42. The standard InChI is InChI=1S/C10H19NO5S/c1-10(2,3)16-9(13)11-4-5-17(14,15)7-8(12)6-11/h8,12H,4-7H2,1-3H3. The van der Waals surface area contributed by atoms with Crippen LogP contribution in [0.25, 0.3) is 0 Å². The van der Waals surface area contributed by atoms with E-state index in [1.165, 1.54) is 4.90 Å². The number of hydrogen-bond acceptors (Lipinski definition) is 5. The molecule has 0 aromatic rings. The first-order valence-corrected chi connectivity index (χ1v) is 7.28. The van der Waals surface area contributed by atoms with Gasteiger partial charge in [-0.2, -0.15) is 0 Å². The maximum absolute atomic E-state index is 11.7. The topological polar surface area (TPSA) is 83.9 Å². The molecule has 1 N–H and O–H groups in total. The number of carbonyl (C=O) groups is 1. The lowest BCUT2D eigenvalue weighted by atomic mass is 10.2. The molecule has 1 atom stereocenters. The van der Waals surface area contributed by atoms with E-state index in [4.69, 9.17) is 4.74 Å². The van der Waals surface area contributed by atoms with E-state index in [-0.39, 0.29) is 24.6 Å². The molecule has 1 saturated heterocycles. The number of ether oxygens (including phenoxy) is 1. The molecule has 1 aliphatic rings. The number of sulfone groups is 1. The molecule has 7 heteroatoms. The number of amides is 1. The second-order valence-electron chi connectivity index (χ2n) is 5.19. The quantitative estimate of drug-likeness (QED) is 0.667. The first-order valence-electron chi connectivity index (χ1n) is 5.45. The maximum Gasteiger partial charge on any atom is 0.410 e. The van der Waals surface area contributed by atoms with Crippen molar-refractivity contribution in [2.45, 2.75) is 32.5 Å². The van der Waals surface area contributed by atoms with Crippen molar-refractivity contribution in [1.29, 1.82) is 0 Å². The predicted octanol–water partition coefficient (Wildman–Crippen LogP) is 0.0128. The summed E-state index contributed by atoms with van der Waals surface area (Å²) in [6.07, 6.45) is -1.64. The number of β-amino-alcohol motifs (C(OH)–C–C–N with tert-alkyl or cyclic N) is 1. The van der Waals surface area contributed by atoms with Crippen molar-refractivity contribution >= 4 is 15.9 Å². The molecule has 1 aliphatic heterocycles. The van der Waals surface area contributed by atoms with Crippen LogP contribution < -0.4 is 0 Å². The highest BCUT2D eigenvalue weighted by Gasteiger charge is 2.30. The molecule has 1 rings (SSSR count). The van der Waals surface area contributed by atoms with Crippen LogP contribution in [0, 0.1) is 0 Å². The Hall–Kier alpha value is -0.820. The van der Waals surface area contributed by atoms with Crippen LogP contribution in [0.4, 0.5) is 4.79 Å². The molecule has 1 amide bonds. The molecule has 0 aliphatic carbocycles. The van der Waals surface area contributed by atoms with Crippen LogP contribution in [-0.4, -0.2) is 60.8 Å². The largest absolute Gasteiger partial charge is 0.444 e. The summed E-state index contributed by atoms with van der Waals surface area (Å²) in [4.78, 5) is 13.0. The van der Waals surface area contributed by atoms with Gasteiger partial charge in [0.1, 0.15) is 5.60 Å². The number of aliphatic hydroxyl groups excluding tert-OH is 1. The van der Waals surface area contributed by atoms with Crippen LogP contribution in [0.3, 0.4) is 0 Å². The molecular weight excluding hydrogens is 246 g/mol. The third-order valence-corrected chi connectivity index (χ3v) is 3.90. The Morgan fingerprint density at radius 1 is 1.41 bits per heavy atom. The average Bonchev–Trinajstić information content (AvgIpc) is 2.20. The maximum atomic E-state index is 11.7. The number of nitrogens with zero attached hydrogens (tertiary/aromatic N) is 1. The van der Waals surface area contributed by atoms with E-state index in [0.29, 0.717) is 0 Å². The van der Waals surface area contributed by atoms with Crippen molar-refractivity contribution in [3.8, 4) is 0 Å². The number of rotatable bonds is 0. The van der Waals surface area contributed by atoms with Gasteiger partial charge in [0.15, 0.2) is 9.84 Å². The third kappa shape index (κ3) is 4.91. The summed E-state index contributed by atoms with van der Waals surface area (Å²) >= 11 is 0. The van der Waals surface area contributed by atoms with Gasteiger partial charge in [-0.05, 0) is 20.8 Å². The summed E-state index contributed by atoms with van der Waals surface area (Å²) in [5, 5.41) is 9.51. The monoisotopic (exact) mass is 265 g/mol. The minimum atomic E-state index is -3.28. The van der Waals surface area contributed by atoms with Gasteiger partial charge < -0.3 is 14.7 Å². The molecule has 17 heavy (non-hydrogen) atoms. The fourth-order valence-corrected chi connectivity index (χ4v) is 2.87. The number of aliphatic hydroxyl groups is 1. The van der Waals surface area contributed by atoms with Gasteiger partial charge in [-0.25, -0.2) is 13.2 Å². The normalized spacial score (nSPS) is 25.2. The first-order chi connectivity index (χ1) is 7.59. The van der Waals surface area contributed by atoms with Gasteiger partial charge in [0.25, 0.3) is 0 Å². The lowest BCUT2D eigenvalue weighted by molar-refractivity contribution is 0.0187. The van der Waals surface area contributed by atoms with E-state index in [1.54, 1.807) is 20.8 Å². The minimum absolute atomic E-state index is 0.00581. The van der Waals surface area contributed by atoms with Crippen LogP contribution >= 0.6 is 0 Å². The zero-order valence-electron chi connectivity index (χ0n) is 10.3. The Kier molecular flexibility index (Phi) is 4.03. The summed E-state index contributed by atoms with van der Waals surface area (Å²) < 4.78 is 27.9. The van der Waals surface area contributed by atoms with Gasteiger partial charge in [0, 0.05) is 6.54 Å². The molecule has 0 saturated carbocycles. The lowest BCUT2D eigenvalue weighted by Gasteiger charge is -2.26. The van der Waals surface area contributed by atoms with Gasteiger partial charge in [0.05, 0.1) is 24.2 Å². The predicted molar refractivity (Wildman–Crippen MR) is 62.5 cm³/mol. The Morgan fingerprint density at radius 3 is 2.53 bits per heavy atom. The SMILES string of the molecule is CC(C)(C)OC(=O)N1CCS(=O)(=O)CC(O)C1. The molecule has 0 aromatic heterocycles. The Labute approximate surface area is 101 Å². The van der Waals surface area contributed by atoms with Crippen LogP contribution in [-0.2, 0) is 14.6 Å². The van der Waals surface area contributed by atoms with Crippen molar-refractivity contribution in [2.75, 3.05) is 24.6 Å². The molecule has 1 heterocycles. The van der Waals surface area contributed by atoms with Gasteiger partial charge in [0.2, 0.25) is 0 Å². The highest BCUT2D eigenvalue weighted by Crippen LogP contribution is 2.12. The second kappa shape index (κ2) is 4.81. The summed E-state index contributed by atoms with van der Waals surface area (Å²) in [5.41, 5.74) is -0.632. The van der Waals surface area contributed by atoms with E-state index < -0.39 is 27.6 Å². The van der Waals surface area contributed by atoms with Crippen LogP contribution in [0.2, 0.25) is 0 Å². The molecular formula is C10H19NO5S. The van der Waals surface area contributed by atoms with Gasteiger partial charge >= 0.3 is 6.09 Å². The van der Waals surface area contributed by atoms with E-state index in [9.17, 15) is 18.3 Å². The summed E-state index contributed by atoms with van der Waals surface area (Å²) in [6, 6.07) is 0. The summed E-state index contributed by atoms with van der Waals surface area (Å²) in [7, 11) is -3.28. The first kappa shape index (κ1) is 14.2. The molecule has 1 unspecified atom stereocenters. The number of carbonyl (C=O) groups excluding carboxylic acids is 1. The van der Waals surface area contributed by atoms with Crippen molar-refractivity contribution in [2.24, 2.45) is 0 Å². The highest BCUT2D eigenvalue weighted by molar-refractivity contribution is 7.91. The van der Waals surface area contributed by atoms with E-state index >= 15 is 0 Å². The molecule has 6 nitrogen and oxygen atoms in total. The van der Waals surface area contributed by atoms with E-state index in [2.05, 4.69) is 0 Å². The Bertz CT molecular complexity index is 384. The fourth-order valence-electron chi connectivity index (χ4n) is 1.52. The number of hydrogen-bond donors (Lipinski definition) is 1. The van der Waals surface area contributed by atoms with Crippen molar-refractivity contribution in [3.05, 3.63) is 0 Å². The molecule has 0 aromatic carbocycles. The van der Waals surface area contributed by atoms with Crippen molar-refractivity contribution < 1.29 is 23.1 Å². The van der Waals surface area contributed by atoms with Crippen LogP contribution in [0.1, 0.15) is 20.8 Å². The van der Waals surface area contributed by atoms with Crippen molar-refractivity contribution in [1.82, 2.24) is 4.90 Å². The average molecular weight is 265 g/mol. The lowest BCUT2D eigenvalue weighted by Crippen LogP contribution is -2.41. The fraction of sp³-hybridized carbons (Fsp3) is 0.900. The highest BCUT2D eigenvalue weighted by atomic mass is 32.2. The van der Waals surface area contributed by atoms with Crippen LogP contribution in [0.5, 0.6) is 0 Å². The summed E-state index contributed by atoms with van der Waals surface area (Å²) in [6.45, 7) is 5.25. The third-order valence-electron chi connectivity index (χ3n) is 2.20. The van der Waals surface area contributed by atoms with E-state index in [0.717, 1.165) is 0 Å². The van der Waals surface area contributed by atoms with Crippen LogP contribution in [0.15, 0.2) is 0 Å². The smallest absolute Gasteiger partial charge is 0.410 e. The zero-order valence-corrected chi connectivity index (χ0v) is 11.2. The van der Waals surface area contributed by atoms with Crippen molar-refractivity contribution in [3.63, 3.8) is 0 Å². The molecule has 0 bridgehead atoms. The zero-order chi connectivity index (χ0) is 13.3. The molecule has 1 fully saturated rings. The van der Waals surface area contributed by atoms with Gasteiger partial charge in [-0.15, -0.1) is 0 Å². The van der Waals surface area contributed by atoms with Gasteiger partial charge in [-0.1, -0.05) is 0 Å².